The van der Waals surface area contributed by atoms with Crippen LogP contribution in [0.4, 0.5) is 0 Å². The monoisotopic (exact) mass is 371 g/mol. The van der Waals surface area contributed by atoms with Gasteiger partial charge in [0.2, 0.25) is 0 Å². The highest BCUT2D eigenvalue weighted by Gasteiger charge is 2.27. The molecular formula is C20H25N3O2S. The number of ether oxygens (including phenoxy) is 1. The fourth-order valence-electron chi connectivity index (χ4n) is 3.21. The number of piperidine rings is 1. The van der Waals surface area contributed by atoms with Crippen LogP contribution in [0.1, 0.15) is 41.5 Å². The van der Waals surface area contributed by atoms with Gasteiger partial charge in [-0.3, -0.25) is 4.79 Å². The smallest absolute Gasteiger partial charge is 0.317 e. The van der Waals surface area contributed by atoms with Crippen LogP contribution >= 0.6 is 11.8 Å². The second-order valence-electron chi connectivity index (χ2n) is 6.50. The second-order valence-corrected chi connectivity index (χ2v) is 7.80. The number of thioether (sulfide) groups is 1. The Labute approximate surface area is 159 Å². The van der Waals surface area contributed by atoms with Crippen molar-refractivity contribution in [1.82, 2.24) is 14.9 Å². The molecule has 1 aromatic heterocycles. The Morgan fingerprint density at radius 2 is 2.00 bits per heavy atom. The molecule has 0 aliphatic carbocycles. The zero-order valence-electron chi connectivity index (χ0n) is 15.6. The van der Waals surface area contributed by atoms with E-state index in [0.717, 1.165) is 47.0 Å². The second kappa shape index (κ2) is 8.54. The van der Waals surface area contributed by atoms with E-state index in [1.165, 1.54) is 0 Å². The molecule has 2 aromatic rings. The molecule has 0 bridgehead atoms. The van der Waals surface area contributed by atoms with Gasteiger partial charge in [-0.15, -0.1) is 11.8 Å². The third kappa shape index (κ3) is 4.55. The van der Waals surface area contributed by atoms with Gasteiger partial charge in [0.05, 0.1) is 12.1 Å². The molecule has 1 aromatic carbocycles. The SMILES string of the molecule is CCSc1ccccc1C(=O)N1CCCC(Oc2nc(C)cc(C)n2)C1. The average molecular weight is 372 g/mol. The van der Waals surface area contributed by atoms with Crippen LogP contribution in [0, 0.1) is 13.8 Å². The van der Waals surface area contributed by atoms with Crippen LogP contribution in [-0.4, -0.2) is 45.7 Å². The number of carbonyl (C=O) groups excluding carboxylic acids is 1. The molecule has 6 heteroatoms. The quantitative estimate of drug-likeness (QED) is 0.747. The van der Waals surface area contributed by atoms with Gasteiger partial charge in [0.25, 0.3) is 5.91 Å². The van der Waals surface area contributed by atoms with E-state index in [1.807, 2.05) is 49.1 Å². The van der Waals surface area contributed by atoms with Crippen LogP contribution in [0.2, 0.25) is 0 Å². The minimum absolute atomic E-state index is 0.0695. The van der Waals surface area contributed by atoms with Crippen molar-refractivity contribution in [3.63, 3.8) is 0 Å². The summed E-state index contributed by atoms with van der Waals surface area (Å²) < 4.78 is 5.99. The Bertz CT molecular complexity index is 761. The number of hydrogen-bond acceptors (Lipinski definition) is 5. The minimum atomic E-state index is -0.0695. The third-order valence-electron chi connectivity index (χ3n) is 4.32. The van der Waals surface area contributed by atoms with Gasteiger partial charge in [0, 0.05) is 22.8 Å². The maximum atomic E-state index is 13.0. The zero-order valence-corrected chi connectivity index (χ0v) is 16.4. The zero-order chi connectivity index (χ0) is 18.5. The van der Waals surface area contributed by atoms with Crippen LogP contribution < -0.4 is 4.74 Å². The van der Waals surface area contributed by atoms with Crippen molar-refractivity contribution in [1.29, 1.82) is 0 Å². The number of aromatic nitrogens is 2. The van der Waals surface area contributed by atoms with Gasteiger partial charge in [-0.2, -0.15) is 0 Å². The standard InChI is InChI=1S/C20H25N3O2S/c1-4-26-18-10-6-5-9-17(18)19(24)23-11-7-8-16(13-23)25-20-21-14(2)12-15(3)22-20/h5-6,9-10,12,16H,4,7-8,11,13H2,1-3H3. The summed E-state index contributed by atoms with van der Waals surface area (Å²) in [5, 5.41) is 0. The Morgan fingerprint density at radius 1 is 1.27 bits per heavy atom. The molecule has 0 spiro atoms. The molecule has 1 amide bonds. The first-order valence-corrected chi connectivity index (χ1v) is 10.1. The van der Waals surface area contributed by atoms with E-state index in [-0.39, 0.29) is 12.0 Å². The van der Waals surface area contributed by atoms with Crippen molar-refractivity contribution >= 4 is 17.7 Å². The normalized spacial score (nSPS) is 17.2. The molecule has 1 aliphatic rings. The predicted molar refractivity (Wildman–Crippen MR) is 104 cm³/mol. The average Bonchev–Trinajstić information content (AvgIpc) is 2.61. The van der Waals surface area contributed by atoms with Crippen molar-refractivity contribution in [2.75, 3.05) is 18.8 Å². The van der Waals surface area contributed by atoms with Crippen molar-refractivity contribution in [3.05, 3.63) is 47.3 Å². The van der Waals surface area contributed by atoms with Gasteiger partial charge < -0.3 is 9.64 Å². The van der Waals surface area contributed by atoms with Gasteiger partial charge in [0.15, 0.2) is 0 Å². The molecule has 138 valence electrons. The molecule has 1 unspecified atom stereocenters. The van der Waals surface area contributed by atoms with Crippen molar-refractivity contribution in [3.8, 4) is 6.01 Å². The van der Waals surface area contributed by atoms with Gasteiger partial charge >= 0.3 is 6.01 Å². The fourth-order valence-corrected chi connectivity index (χ4v) is 4.01. The van der Waals surface area contributed by atoms with Crippen LogP contribution in [0.25, 0.3) is 0 Å². The number of nitrogens with zero attached hydrogens (tertiary/aromatic N) is 3. The van der Waals surface area contributed by atoms with Gasteiger partial charge in [-0.25, -0.2) is 9.97 Å². The summed E-state index contributed by atoms with van der Waals surface area (Å²) in [4.78, 5) is 24.7. The maximum absolute atomic E-state index is 13.0. The van der Waals surface area contributed by atoms with Crippen molar-refractivity contribution in [2.24, 2.45) is 0 Å². The van der Waals surface area contributed by atoms with Crippen molar-refractivity contribution in [2.45, 2.75) is 44.6 Å². The Kier molecular flexibility index (Phi) is 6.14. The third-order valence-corrected chi connectivity index (χ3v) is 5.27. The molecule has 5 nitrogen and oxygen atoms in total. The molecule has 1 fully saturated rings. The lowest BCUT2D eigenvalue weighted by atomic mass is 10.1. The van der Waals surface area contributed by atoms with Crippen molar-refractivity contribution < 1.29 is 9.53 Å². The molecule has 26 heavy (non-hydrogen) atoms. The van der Waals surface area contributed by atoms with Crippen LogP contribution in [0.15, 0.2) is 35.2 Å². The molecule has 3 rings (SSSR count). The molecule has 1 aliphatic heterocycles. The molecule has 1 atom stereocenters. The van der Waals surface area contributed by atoms with Gasteiger partial charge in [0.1, 0.15) is 6.10 Å². The lowest BCUT2D eigenvalue weighted by Crippen LogP contribution is -2.44. The highest BCUT2D eigenvalue weighted by atomic mass is 32.2. The number of carbonyl (C=O) groups is 1. The van der Waals surface area contributed by atoms with E-state index in [4.69, 9.17) is 4.74 Å². The van der Waals surface area contributed by atoms with E-state index >= 15 is 0 Å². The lowest BCUT2D eigenvalue weighted by molar-refractivity contribution is 0.0512. The van der Waals surface area contributed by atoms with Gasteiger partial charge in [-0.1, -0.05) is 19.1 Å². The van der Waals surface area contributed by atoms with Gasteiger partial charge in [-0.05, 0) is 50.6 Å². The molecule has 0 radical (unpaired) electrons. The van der Waals surface area contributed by atoms with Crippen LogP contribution in [0.5, 0.6) is 6.01 Å². The highest BCUT2D eigenvalue weighted by Crippen LogP contribution is 2.25. The van der Waals surface area contributed by atoms with E-state index < -0.39 is 0 Å². The first-order valence-electron chi connectivity index (χ1n) is 9.07. The summed E-state index contributed by atoms with van der Waals surface area (Å²) in [6.07, 6.45) is 1.76. The molecule has 2 heterocycles. The molecule has 0 saturated carbocycles. The summed E-state index contributed by atoms with van der Waals surface area (Å²) in [5.41, 5.74) is 2.56. The van der Waals surface area contributed by atoms with E-state index in [0.29, 0.717) is 12.6 Å². The molecule has 0 N–H and O–H groups in total. The van der Waals surface area contributed by atoms with Crippen LogP contribution in [-0.2, 0) is 0 Å². The fraction of sp³-hybridized carbons (Fsp3) is 0.450. The lowest BCUT2D eigenvalue weighted by Gasteiger charge is -2.32. The minimum Gasteiger partial charge on any atom is -0.458 e. The van der Waals surface area contributed by atoms with E-state index in [9.17, 15) is 4.79 Å². The maximum Gasteiger partial charge on any atom is 0.317 e. The number of aryl methyl sites for hydroxylation is 2. The number of hydrogen-bond donors (Lipinski definition) is 0. The summed E-state index contributed by atoms with van der Waals surface area (Å²) in [5.74, 6) is 1.02. The first-order chi connectivity index (χ1) is 12.6. The Morgan fingerprint density at radius 3 is 2.73 bits per heavy atom. The number of likely N-dealkylation sites (tertiary alicyclic amines) is 1. The first kappa shape index (κ1) is 18.7. The summed E-state index contributed by atoms with van der Waals surface area (Å²) in [6.45, 7) is 7.29. The van der Waals surface area contributed by atoms with E-state index in [2.05, 4.69) is 16.9 Å². The topological polar surface area (TPSA) is 55.3 Å². The number of amides is 1. The number of benzene rings is 1. The Balaban J connectivity index is 1.71. The summed E-state index contributed by atoms with van der Waals surface area (Å²) in [7, 11) is 0. The molecular weight excluding hydrogens is 346 g/mol. The summed E-state index contributed by atoms with van der Waals surface area (Å²) >= 11 is 1.70. The summed E-state index contributed by atoms with van der Waals surface area (Å²) in [6, 6.07) is 10.2. The largest absolute Gasteiger partial charge is 0.458 e. The predicted octanol–water partition coefficient (Wildman–Crippen LogP) is 3.89. The Hall–Kier alpha value is -2.08. The number of rotatable bonds is 5. The highest BCUT2D eigenvalue weighted by molar-refractivity contribution is 7.99. The van der Waals surface area contributed by atoms with E-state index in [1.54, 1.807) is 11.8 Å². The van der Waals surface area contributed by atoms with Crippen LogP contribution in [0.3, 0.4) is 0 Å². The molecule has 1 saturated heterocycles.